The molecule has 2 heterocycles. The highest BCUT2D eigenvalue weighted by atomic mass is 16.3. The van der Waals surface area contributed by atoms with Crippen molar-refractivity contribution < 1.29 is 5.11 Å². The van der Waals surface area contributed by atoms with Gasteiger partial charge in [0, 0.05) is 25.3 Å². The Balaban J connectivity index is 1.77. The molecule has 0 saturated heterocycles. The van der Waals surface area contributed by atoms with E-state index in [0.29, 0.717) is 12.0 Å². The Labute approximate surface area is 143 Å². The van der Waals surface area contributed by atoms with E-state index in [9.17, 15) is 5.11 Å². The molecule has 1 aromatic carbocycles. The number of anilines is 2. The molecule has 5 heteroatoms. The van der Waals surface area contributed by atoms with Gasteiger partial charge >= 0.3 is 0 Å². The number of aliphatic hydroxyl groups excluding tert-OH is 1. The fourth-order valence-corrected chi connectivity index (χ4v) is 2.95. The fraction of sp³-hybridized carbons (Fsp3) is 0.474. The first-order valence-electron chi connectivity index (χ1n) is 8.71. The van der Waals surface area contributed by atoms with E-state index < -0.39 is 6.10 Å². The van der Waals surface area contributed by atoms with Crippen LogP contribution in [-0.2, 0) is 13.0 Å². The van der Waals surface area contributed by atoms with Crippen LogP contribution in [0.4, 0.5) is 11.8 Å². The zero-order valence-corrected chi connectivity index (χ0v) is 14.7. The summed E-state index contributed by atoms with van der Waals surface area (Å²) >= 11 is 0. The third-order valence-electron chi connectivity index (χ3n) is 4.68. The first kappa shape index (κ1) is 16.7. The van der Waals surface area contributed by atoms with Crippen molar-refractivity contribution in [3.63, 3.8) is 0 Å². The maximum absolute atomic E-state index is 9.74. The number of aromatic nitrogens is 2. The van der Waals surface area contributed by atoms with Gasteiger partial charge in [0.1, 0.15) is 5.82 Å². The summed E-state index contributed by atoms with van der Waals surface area (Å²) in [5.74, 6) is 1.65. The van der Waals surface area contributed by atoms with Crippen molar-refractivity contribution in [3.05, 3.63) is 47.2 Å². The van der Waals surface area contributed by atoms with Crippen molar-refractivity contribution in [2.24, 2.45) is 0 Å². The SMILES string of the molecule is CC[C@@H](C)Nc1nccc(N2CCc3cc([C@H](C)O)ccc3C2)n1. The van der Waals surface area contributed by atoms with Crippen LogP contribution in [0.1, 0.15) is 50.0 Å². The van der Waals surface area contributed by atoms with E-state index in [1.165, 1.54) is 11.1 Å². The molecule has 3 rings (SSSR count). The number of fused-ring (bicyclic) bond motifs is 1. The van der Waals surface area contributed by atoms with Crippen molar-refractivity contribution in [2.45, 2.75) is 52.3 Å². The number of benzene rings is 1. The summed E-state index contributed by atoms with van der Waals surface area (Å²) in [5.41, 5.74) is 3.63. The van der Waals surface area contributed by atoms with Crippen molar-refractivity contribution >= 4 is 11.8 Å². The normalized spacial score (nSPS) is 16.4. The van der Waals surface area contributed by atoms with E-state index in [4.69, 9.17) is 0 Å². The summed E-state index contributed by atoms with van der Waals surface area (Å²) in [6, 6.07) is 8.61. The van der Waals surface area contributed by atoms with Gasteiger partial charge in [-0.1, -0.05) is 25.1 Å². The van der Waals surface area contributed by atoms with Crippen LogP contribution in [0.25, 0.3) is 0 Å². The van der Waals surface area contributed by atoms with Gasteiger partial charge in [-0.3, -0.25) is 0 Å². The standard InChI is InChI=1S/C19H26N4O/c1-4-13(2)21-19-20-9-7-18(22-19)23-10-8-16-11-15(14(3)24)5-6-17(16)12-23/h5-7,9,11,13-14,24H,4,8,10,12H2,1-3H3,(H,20,21,22)/t13-,14+/m1/s1. The summed E-state index contributed by atoms with van der Waals surface area (Å²) < 4.78 is 0. The quantitative estimate of drug-likeness (QED) is 0.883. The molecule has 0 radical (unpaired) electrons. The van der Waals surface area contributed by atoms with E-state index in [-0.39, 0.29) is 0 Å². The third-order valence-corrected chi connectivity index (χ3v) is 4.68. The molecule has 0 fully saturated rings. The van der Waals surface area contributed by atoms with Gasteiger partial charge in [-0.05, 0) is 49.4 Å². The van der Waals surface area contributed by atoms with Gasteiger partial charge in [0.25, 0.3) is 0 Å². The van der Waals surface area contributed by atoms with Gasteiger partial charge < -0.3 is 15.3 Å². The smallest absolute Gasteiger partial charge is 0.224 e. The van der Waals surface area contributed by atoms with Crippen LogP contribution in [0.2, 0.25) is 0 Å². The predicted molar refractivity (Wildman–Crippen MR) is 97.2 cm³/mol. The van der Waals surface area contributed by atoms with Crippen LogP contribution in [0.15, 0.2) is 30.5 Å². The largest absolute Gasteiger partial charge is 0.389 e. The van der Waals surface area contributed by atoms with E-state index in [0.717, 1.165) is 37.3 Å². The van der Waals surface area contributed by atoms with Crippen LogP contribution in [-0.4, -0.2) is 27.7 Å². The molecule has 0 unspecified atom stereocenters. The first-order valence-corrected chi connectivity index (χ1v) is 8.71. The molecule has 0 bridgehead atoms. The van der Waals surface area contributed by atoms with Crippen LogP contribution < -0.4 is 10.2 Å². The molecule has 2 aromatic rings. The molecule has 0 spiro atoms. The highest BCUT2D eigenvalue weighted by Gasteiger charge is 2.19. The Bertz CT molecular complexity index is 702. The Hall–Kier alpha value is -2.14. The predicted octanol–water partition coefficient (Wildman–Crippen LogP) is 3.30. The molecular formula is C19H26N4O. The first-order chi connectivity index (χ1) is 11.6. The monoisotopic (exact) mass is 326 g/mol. The van der Waals surface area contributed by atoms with Crippen LogP contribution in [0, 0.1) is 0 Å². The van der Waals surface area contributed by atoms with Crippen molar-refractivity contribution in [1.29, 1.82) is 0 Å². The molecule has 5 nitrogen and oxygen atoms in total. The highest BCUT2D eigenvalue weighted by molar-refractivity contribution is 5.47. The number of rotatable bonds is 5. The molecule has 0 saturated carbocycles. The molecule has 1 aromatic heterocycles. The maximum atomic E-state index is 9.74. The van der Waals surface area contributed by atoms with Gasteiger partial charge in [0.2, 0.25) is 5.95 Å². The van der Waals surface area contributed by atoms with Gasteiger partial charge in [-0.2, -0.15) is 4.98 Å². The molecular weight excluding hydrogens is 300 g/mol. The van der Waals surface area contributed by atoms with Crippen LogP contribution in [0.3, 0.4) is 0 Å². The second-order valence-electron chi connectivity index (χ2n) is 6.57. The number of nitrogens with zero attached hydrogens (tertiary/aromatic N) is 3. The van der Waals surface area contributed by atoms with Crippen molar-refractivity contribution in [2.75, 3.05) is 16.8 Å². The minimum Gasteiger partial charge on any atom is -0.389 e. The summed E-state index contributed by atoms with van der Waals surface area (Å²) in [6.45, 7) is 7.85. The second kappa shape index (κ2) is 7.18. The zero-order chi connectivity index (χ0) is 17.1. The van der Waals surface area contributed by atoms with E-state index >= 15 is 0 Å². The topological polar surface area (TPSA) is 61.3 Å². The summed E-state index contributed by atoms with van der Waals surface area (Å²) in [7, 11) is 0. The molecule has 128 valence electrons. The summed E-state index contributed by atoms with van der Waals surface area (Å²) in [6.07, 6.45) is 3.41. The average molecular weight is 326 g/mol. The van der Waals surface area contributed by atoms with Crippen molar-refractivity contribution in [1.82, 2.24) is 9.97 Å². The zero-order valence-electron chi connectivity index (χ0n) is 14.7. The van der Waals surface area contributed by atoms with E-state index in [1.54, 1.807) is 0 Å². The molecule has 0 aliphatic carbocycles. The average Bonchev–Trinajstić information content (AvgIpc) is 2.60. The number of aliphatic hydroxyl groups is 1. The Morgan fingerprint density at radius 1 is 1.25 bits per heavy atom. The Morgan fingerprint density at radius 3 is 2.83 bits per heavy atom. The molecule has 1 aliphatic rings. The lowest BCUT2D eigenvalue weighted by Gasteiger charge is -2.30. The Morgan fingerprint density at radius 2 is 2.08 bits per heavy atom. The van der Waals surface area contributed by atoms with Crippen LogP contribution >= 0.6 is 0 Å². The minimum absolute atomic E-state index is 0.362. The van der Waals surface area contributed by atoms with Crippen molar-refractivity contribution in [3.8, 4) is 0 Å². The lowest BCUT2D eigenvalue weighted by atomic mass is 9.96. The summed E-state index contributed by atoms with van der Waals surface area (Å²) in [4.78, 5) is 11.3. The lowest BCUT2D eigenvalue weighted by molar-refractivity contribution is 0.199. The van der Waals surface area contributed by atoms with Gasteiger partial charge in [0.05, 0.1) is 6.10 Å². The van der Waals surface area contributed by atoms with Gasteiger partial charge in [-0.25, -0.2) is 4.98 Å². The maximum Gasteiger partial charge on any atom is 0.224 e. The van der Waals surface area contributed by atoms with Gasteiger partial charge in [-0.15, -0.1) is 0 Å². The molecule has 1 aliphatic heterocycles. The van der Waals surface area contributed by atoms with E-state index in [1.807, 2.05) is 25.3 Å². The second-order valence-corrected chi connectivity index (χ2v) is 6.57. The van der Waals surface area contributed by atoms with Crippen LogP contribution in [0.5, 0.6) is 0 Å². The minimum atomic E-state index is -0.413. The number of nitrogens with one attached hydrogen (secondary N) is 1. The molecule has 2 atom stereocenters. The third kappa shape index (κ3) is 3.67. The summed E-state index contributed by atoms with van der Waals surface area (Å²) in [5, 5.41) is 13.1. The molecule has 24 heavy (non-hydrogen) atoms. The fourth-order valence-electron chi connectivity index (χ4n) is 2.95. The van der Waals surface area contributed by atoms with Gasteiger partial charge in [0.15, 0.2) is 0 Å². The molecule has 2 N–H and O–H groups in total. The highest BCUT2D eigenvalue weighted by Crippen LogP contribution is 2.26. The number of hydrogen-bond acceptors (Lipinski definition) is 5. The Kier molecular flexibility index (Phi) is 5.00. The number of hydrogen-bond donors (Lipinski definition) is 2. The lowest BCUT2D eigenvalue weighted by Crippen LogP contribution is -2.31. The van der Waals surface area contributed by atoms with E-state index in [2.05, 4.69) is 46.2 Å². The molecule has 0 amide bonds.